The maximum atomic E-state index is 13.5. The van der Waals surface area contributed by atoms with Crippen LogP contribution in [0.15, 0.2) is 87.6 Å². The van der Waals surface area contributed by atoms with E-state index in [4.69, 9.17) is 30.5 Å². The lowest BCUT2D eigenvalue weighted by Crippen LogP contribution is -2.20. The summed E-state index contributed by atoms with van der Waals surface area (Å²) in [5.41, 5.74) is 1.58. The van der Waals surface area contributed by atoms with Gasteiger partial charge in [-0.25, -0.2) is 4.98 Å². The third-order valence-electron chi connectivity index (χ3n) is 5.45. The van der Waals surface area contributed by atoms with Gasteiger partial charge in [-0.2, -0.15) is 9.78 Å². The minimum atomic E-state index is -0.319. The largest absolute Gasteiger partial charge is 0.490 e. The first kappa shape index (κ1) is 25.0. The Morgan fingerprint density at radius 1 is 1.16 bits per heavy atom. The van der Waals surface area contributed by atoms with E-state index in [2.05, 4.69) is 34.3 Å². The number of aromatic nitrogens is 2. The van der Waals surface area contributed by atoms with Crippen molar-refractivity contribution in [3.05, 3.63) is 97.8 Å². The van der Waals surface area contributed by atoms with Crippen molar-refractivity contribution < 1.29 is 13.9 Å². The molecule has 186 valence electrons. The summed E-state index contributed by atoms with van der Waals surface area (Å²) in [4.78, 5) is 18.2. The average Bonchev–Trinajstić information content (AvgIpc) is 3.31. The fourth-order valence-corrected chi connectivity index (χ4v) is 4.81. The molecule has 9 heteroatoms. The zero-order valence-corrected chi connectivity index (χ0v) is 22.7. The standard InChI is InChI=1S/C28H21ClIN3O4/c1-3-11-36-26-21(30)12-17(13-24(26)35-4-2)16-31-33-27(32-22-8-6-5-7-20(22)28(33)34)25-15-18-14-19(29)9-10-23(18)37-25/h3,5-10,12-16H,1,4,11H2,2H3. The number of fused-ring (bicyclic) bond motifs is 2. The molecule has 0 atom stereocenters. The lowest BCUT2D eigenvalue weighted by Gasteiger charge is -2.13. The molecule has 0 radical (unpaired) electrons. The molecule has 0 amide bonds. The van der Waals surface area contributed by atoms with Gasteiger partial charge in [-0.1, -0.05) is 36.4 Å². The Labute approximate surface area is 231 Å². The lowest BCUT2D eigenvalue weighted by molar-refractivity contribution is 0.295. The number of halogens is 2. The third kappa shape index (κ3) is 5.12. The Kier molecular flexibility index (Phi) is 7.29. The molecule has 0 aliphatic heterocycles. The Bertz CT molecular complexity index is 1720. The minimum absolute atomic E-state index is 0.276. The molecule has 0 fully saturated rings. The molecule has 7 nitrogen and oxygen atoms in total. The first-order valence-corrected chi connectivity index (χ1v) is 12.9. The van der Waals surface area contributed by atoms with Gasteiger partial charge in [0.2, 0.25) is 5.82 Å². The molecule has 0 N–H and O–H groups in total. The van der Waals surface area contributed by atoms with Crippen molar-refractivity contribution in [2.45, 2.75) is 6.92 Å². The zero-order valence-electron chi connectivity index (χ0n) is 19.8. The van der Waals surface area contributed by atoms with Crippen LogP contribution in [0.1, 0.15) is 12.5 Å². The summed E-state index contributed by atoms with van der Waals surface area (Å²) >= 11 is 8.33. The number of nitrogens with zero attached hydrogens (tertiary/aromatic N) is 3. The van der Waals surface area contributed by atoms with E-state index in [1.54, 1.807) is 54.8 Å². The van der Waals surface area contributed by atoms with Crippen LogP contribution < -0.4 is 15.0 Å². The Morgan fingerprint density at radius 3 is 2.81 bits per heavy atom. The molecule has 0 aliphatic rings. The van der Waals surface area contributed by atoms with Crippen molar-refractivity contribution in [2.75, 3.05) is 13.2 Å². The molecule has 5 aromatic rings. The monoisotopic (exact) mass is 625 g/mol. The van der Waals surface area contributed by atoms with Crippen molar-refractivity contribution in [1.82, 2.24) is 9.66 Å². The fraction of sp³-hybridized carbons (Fsp3) is 0.107. The van der Waals surface area contributed by atoms with E-state index >= 15 is 0 Å². The van der Waals surface area contributed by atoms with Gasteiger partial charge >= 0.3 is 0 Å². The maximum Gasteiger partial charge on any atom is 0.282 e. The van der Waals surface area contributed by atoms with Gasteiger partial charge in [0.15, 0.2) is 17.3 Å². The lowest BCUT2D eigenvalue weighted by atomic mass is 10.2. The fourth-order valence-electron chi connectivity index (χ4n) is 3.85. The third-order valence-corrected chi connectivity index (χ3v) is 6.49. The van der Waals surface area contributed by atoms with Crippen LogP contribution in [-0.2, 0) is 0 Å². The minimum Gasteiger partial charge on any atom is -0.490 e. The van der Waals surface area contributed by atoms with Crippen LogP contribution in [0.25, 0.3) is 33.5 Å². The number of hydrogen-bond donors (Lipinski definition) is 0. The smallest absolute Gasteiger partial charge is 0.282 e. The molecule has 0 saturated carbocycles. The molecule has 5 rings (SSSR count). The summed E-state index contributed by atoms with van der Waals surface area (Å²) in [7, 11) is 0. The highest BCUT2D eigenvalue weighted by Gasteiger charge is 2.17. The first-order chi connectivity index (χ1) is 18.0. The summed E-state index contributed by atoms with van der Waals surface area (Å²) < 4.78 is 19.7. The van der Waals surface area contributed by atoms with E-state index in [0.717, 1.165) is 14.5 Å². The van der Waals surface area contributed by atoms with Gasteiger partial charge in [-0.05, 0) is 83.6 Å². The highest BCUT2D eigenvalue weighted by atomic mass is 127. The second-order valence-corrected chi connectivity index (χ2v) is 9.57. The van der Waals surface area contributed by atoms with Crippen LogP contribution in [0.5, 0.6) is 11.5 Å². The molecule has 0 aliphatic carbocycles. The predicted octanol–water partition coefficient (Wildman–Crippen LogP) is 6.91. The van der Waals surface area contributed by atoms with E-state index in [1.807, 2.05) is 25.1 Å². The number of para-hydroxylation sites is 1. The average molecular weight is 626 g/mol. The van der Waals surface area contributed by atoms with Gasteiger partial charge in [0, 0.05) is 10.4 Å². The van der Waals surface area contributed by atoms with Gasteiger partial charge in [-0.15, -0.1) is 0 Å². The molecule has 37 heavy (non-hydrogen) atoms. The van der Waals surface area contributed by atoms with Crippen molar-refractivity contribution in [3.8, 4) is 23.1 Å². The second-order valence-electron chi connectivity index (χ2n) is 7.97. The van der Waals surface area contributed by atoms with E-state index in [0.29, 0.717) is 52.0 Å². The second kappa shape index (κ2) is 10.8. The number of furan rings is 1. The van der Waals surface area contributed by atoms with Crippen molar-refractivity contribution in [2.24, 2.45) is 5.10 Å². The van der Waals surface area contributed by atoms with E-state index in [-0.39, 0.29) is 11.4 Å². The highest BCUT2D eigenvalue weighted by molar-refractivity contribution is 14.1. The van der Waals surface area contributed by atoms with Gasteiger partial charge in [-0.3, -0.25) is 4.79 Å². The number of rotatable bonds is 8. The van der Waals surface area contributed by atoms with Crippen molar-refractivity contribution in [3.63, 3.8) is 0 Å². The Morgan fingerprint density at radius 2 is 2.00 bits per heavy atom. The number of benzene rings is 3. The maximum absolute atomic E-state index is 13.5. The van der Waals surface area contributed by atoms with E-state index in [9.17, 15) is 4.79 Å². The van der Waals surface area contributed by atoms with Gasteiger partial charge in [0.25, 0.3) is 5.56 Å². The van der Waals surface area contributed by atoms with Gasteiger partial charge in [0.05, 0.1) is 27.3 Å². The van der Waals surface area contributed by atoms with Gasteiger partial charge in [0.1, 0.15) is 12.2 Å². The van der Waals surface area contributed by atoms with Crippen LogP contribution in [0.4, 0.5) is 0 Å². The number of ether oxygens (including phenoxy) is 2. The first-order valence-electron chi connectivity index (χ1n) is 11.4. The van der Waals surface area contributed by atoms with Crippen LogP contribution in [0, 0.1) is 3.57 Å². The van der Waals surface area contributed by atoms with Crippen LogP contribution in [-0.4, -0.2) is 29.1 Å². The molecular weight excluding hydrogens is 605 g/mol. The van der Waals surface area contributed by atoms with Crippen LogP contribution in [0.3, 0.4) is 0 Å². The SMILES string of the molecule is C=CCOc1c(I)cc(C=Nn2c(-c3cc4cc(Cl)ccc4o3)nc3ccccc3c2=O)cc1OCC. The summed E-state index contributed by atoms with van der Waals surface area (Å²) in [6, 6.07) is 18.0. The molecule has 2 aromatic heterocycles. The quantitative estimate of drug-likeness (QED) is 0.106. The highest BCUT2D eigenvalue weighted by Crippen LogP contribution is 2.34. The summed E-state index contributed by atoms with van der Waals surface area (Å²) in [5.74, 6) is 1.88. The Hall–Kier alpha value is -3.63. The molecular formula is C28H21ClIN3O4. The molecule has 0 bridgehead atoms. The normalized spacial score (nSPS) is 11.4. The predicted molar refractivity (Wildman–Crippen MR) is 155 cm³/mol. The number of hydrogen-bond acceptors (Lipinski definition) is 6. The molecule has 0 spiro atoms. The summed E-state index contributed by atoms with van der Waals surface area (Å²) in [6.07, 6.45) is 3.26. The van der Waals surface area contributed by atoms with Gasteiger partial charge < -0.3 is 13.9 Å². The summed E-state index contributed by atoms with van der Waals surface area (Å²) in [6.45, 7) is 6.42. The van der Waals surface area contributed by atoms with Crippen LogP contribution in [0.2, 0.25) is 5.02 Å². The topological polar surface area (TPSA) is 78.9 Å². The molecule has 0 unspecified atom stereocenters. The molecule has 0 saturated heterocycles. The van der Waals surface area contributed by atoms with E-state index in [1.165, 1.54) is 4.68 Å². The van der Waals surface area contributed by atoms with Crippen LogP contribution >= 0.6 is 34.2 Å². The molecule has 2 heterocycles. The summed E-state index contributed by atoms with van der Waals surface area (Å²) in [5, 5.41) is 6.37. The van der Waals surface area contributed by atoms with Crippen molar-refractivity contribution in [1.29, 1.82) is 0 Å². The Balaban J connectivity index is 1.65. The van der Waals surface area contributed by atoms with Crippen molar-refractivity contribution >= 4 is 62.3 Å². The zero-order chi connectivity index (χ0) is 25.9. The van der Waals surface area contributed by atoms with E-state index < -0.39 is 0 Å². The molecule has 3 aromatic carbocycles.